The molecule has 3 amide bonds. The number of carbonyl (C=O) groups excluding carboxylic acids is 3. The van der Waals surface area contributed by atoms with Crippen molar-refractivity contribution in [2.75, 3.05) is 31.1 Å². The lowest BCUT2D eigenvalue weighted by Crippen LogP contribution is -2.70. The van der Waals surface area contributed by atoms with Crippen LogP contribution in [0, 0.1) is 4.91 Å². The number of amides is 3. The first-order valence-corrected chi connectivity index (χ1v) is 12.5. The van der Waals surface area contributed by atoms with E-state index in [0.717, 1.165) is 29.5 Å². The van der Waals surface area contributed by atoms with E-state index in [1.165, 1.54) is 11.8 Å². The molecule has 184 valence electrons. The van der Waals surface area contributed by atoms with E-state index in [1.54, 1.807) is 11.0 Å². The molecule has 1 aromatic heterocycles. The van der Waals surface area contributed by atoms with Gasteiger partial charge in [-0.3, -0.25) is 19.3 Å². The van der Waals surface area contributed by atoms with Crippen molar-refractivity contribution in [3.05, 3.63) is 33.7 Å². The van der Waals surface area contributed by atoms with Crippen LogP contribution in [0.1, 0.15) is 18.3 Å². The number of anilines is 1. The molecule has 4 aliphatic rings. The SMILES string of the molecule is Nc1nc(C(N=O)C(=O)NC2C(=O)N3C(C(=O)O)=C(C=C4CCN(C5CNC5)C4=O)CSC23)ns1. The van der Waals surface area contributed by atoms with Gasteiger partial charge in [0.2, 0.25) is 11.9 Å². The Morgan fingerprint density at radius 3 is 2.71 bits per heavy atom. The topological polar surface area (TPSA) is 200 Å². The summed E-state index contributed by atoms with van der Waals surface area (Å²) in [7, 11) is 0. The number of aromatic nitrogens is 2. The number of hydrogen-bond donors (Lipinski definition) is 4. The van der Waals surface area contributed by atoms with E-state index >= 15 is 0 Å². The molecule has 5 N–H and O–H groups in total. The van der Waals surface area contributed by atoms with E-state index in [9.17, 15) is 29.2 Å². The van der Waals surface area contributed by atoms with Crippen LogP contribution in [0.25, 0.3) is 0 Å². The van der Waals surface area contributed by atoms with E-state index in [0.29, 0.717) is 24.1 Å². The lowest BCUT2D eigenvalue weighted by molar-refractivity contribution is -0.150. The number of fused-ring (bicyclic) bond motifs is 1. The zero-order chi connectivity index (χ0) is 24.9. The molecule has 3 unspecified atom stereocenters. The number of β-lactam (4-membered cyclic amide) rings is 1. The molecule has 0 aromatic carbocycles. The molecule has 35 heavy (non-hydrogen) atoms. The van der Waals surface area contributed by atoms with Crippen molar-refractivity contribution in [3.8, 4) is 0 Å². The predicted molar refractivity (Wildman–Crippen MR) is 124 cm³/mol. The third-order valence-corrected chi connectivity index (χ3v) is 8.12. The molecule has 0 spiro atoms. The number of nitrogens with two attached hydrogens (primary N) is 1. The average molecular weight is 521 g/mol. The Bertz CT molecular complexity index is 1190. The fourth-order valence-corrected chi connectivity index (χ4v) is 6.14. The number of nitrogen functional groups attached to an aromatic ring is 1. The van der Waals surface area contributed by atoms with E-state index in [4.69, 9.17) is 5.73 Å². The summed E-state index contributed by atoms with van der Waals surface area (Å²) >= 11 is 2.05. The maximum Gasteiger partial charge on any atom is 0.352 e. The minimum atomic E-state index is -1.59. The lowest BCUT2D eigenvalue weighted by Gasteiger charge is -2.49. The number of rotatable bonds is 7. The second-order valence-corrected chi connectivity index (χ2v) is 10.2. The summed E-state index contributed by atoms with van der Waals surface area (Å²) < 4.78 is 3.81. The minimum absolute atomic E-state index is 0.0567. The summed E-state index contributed by atoms with van der Waals surface area (Å²) in [6.45, 7) is 2.05. The number of allylic oxidation sites excluding steroid dienone is 1. The normalized spacial score (nSPS) is 26.3. The molecule has 5 rings (SSSR count). The van der Waals surface area contributed by atoms with Gasteiger partial charge in [-0.2, -0.15) is 4.37 Å². The number of likely N-dealkylation sites (tertiary alicyclic amines) is 1. The number of aliphatic carboxylic acids is 1. The summed E-state index contributed by atoms with van der Waals surface area (Å²) in [5.74, 6) is -2.90. The Morgan fingerprint density at radius 1 is 1.34 bits per heavy atom. The zero-order valence-electron chi connectivity index (χ0n) is 18.0. The smallest absolute Gasteiger partial charge is 0.352 e. The standard InChI is InChI=1S/C19H20N8O6S2/c20-19-23-13(25-35-19)10(24-33)14(28)22-11-16(30)27-12(18(31)32)8(6-34-17(11)27)3-7-1-2-26(15(7)29)9-4-21-5-9/h3,9-11,17,21H,1-2,4-6H2,(H,22,28)(H,31,32)(H2,20,23,25). The molecular weight excluding hydrogens is 500 g/mol. The van der Waals surface area contributed by atoms with Gasteiger partial charge in [0.1, 0.15) is 17.1 Å². The van der Waals surface area contributed by atoms with Crippen molar-refractivity contribution in [1.29, 1.82) is 0 Å². The number of hydrogen-bond acceptors (Lipinski definition) is 12. The van der Waals surface area contributed by atoms with Crippen LogP contribution in [-0.4, -0.2) is 90.8 Å². The highest BCUT2D eigenvalue weighted by Crippen LogP contribution is 2.41. The molecule has 0 aliphatic carbocycles. The second kappa shape index (κ2) is 9.01. The van der Waals surface area contributed by atoms with Crippen LogP contribution < -0.4 is 16.4 Å². The molecule has 4 aliphatic heterocycles. The van der Waals surface area contributed by atoms with Gasteiger partial charge >= 0.3 is 5.97 Å². The highest BCUT2D eigenvalue weighted by Gasteiger charge is 2.54. The number of nitrogens with zero attached hydrogens (tertiary/aromatic N) is 5. The molecule has 1 aromatic rings. The van der Waals surface area contributed by atoms with Gasteiger partial charge in [-0.15, -0.1) is 16.7 Å². The van der Waals surface area contributed by atoms with Gasteiger partial charge in [-0.05, 0) is 23.2 Å². The number of thioether (sulfide) groups is 1. The number of carboxylic acids is 1. The molecule has 0 saturated carbocycles. The van der Waals surface area contributed by atoms with Crippen molar-refractivity contribution >= 4 is 52.1 Å². The highest BCUT2D eigenvalue weighted by molar-refractivity contribution is 8.00. The average Bonchev–Trinajstić information content (AvgIpc) is 3.37. The van der Waals surface area contributed by atoms with Crippen LogP contribution in [0.5, 0.6) is 0 Å². The fraction of sp³-hybridized carbons (Fsp3) is 0.474. The summed E-state index contributed by atoms with van der Waals surface area (Å²) in [5, 5.41) is 17.5. The van der Waals surface area contributed by atoms with Gasteiger partial charge in [0.25, 0.3) is 11.8 Å². The van der Waals surface area contributed by atoms with Gasteiger partial charge < -0.3 is 26.4 Å². The molecule has 16 heteroatoms. The van der Waals surface area contributed by atoms with Gasteiger partial charge in [0.05, 0.1) is 6.04 Å². The molecule has 14 nitrogen and oxygen atoms in total. The maximum absolute atomic E-state index is 12.9. The fourth-order valence-electron chi connectivity index (χ4n) is 4.38. The van der Waals surface area contributed by atoms with Crippen LogP contribution in [0.15, 0.2) is 28.1 Å². The molecule has 5 heterocycles. The summed E-state index contributed by atoms with van der Waals surface area (Å²) in [6.07, 6.45) is 2.08. The Kier molecular flexibility index (Phi) is 6.02. The summed E-state index contributed by atoms with van der Waals surface area (Å²) in [5.41, 5.74) is 6.15. The monoisotopic (exact) mass is 520 g/mol. The third kappa shape index (κ3) is 3.96. The van der Waals surface area contributed by atoms with E-state index in [2.05, 4.69) is 25.2 Å². The van der Waals surface area contributed by atoms with Gasteiger partial charge in [0, 0.05) is 42.5 Å². The quantitative estimate of drug-likeness (QED) is 0.191. The van der Waals surface area contributed by atoms with E-state index in [-0.39, 0.29) is 34.4 Å². The molecule has 0 bridgehead atoms. The first kappa shape index (κ1) is 23.4. The van der Waals surface area contributed by atoms with Crippen molar-refractivity contribution in [2.24, 2.45) is 5.18 Å². The van der Waals surface area contributed by atoms with Gasteiger partial charge in [-0.1, -0.05) is 0 Å². The Morgan fingerprint density at radius 2 is 2.11 bits per heavy atom. The third-order valence-electron chi connectivity index (χ3n) is 6.26. The van der Waals surface area contributed by atoms with Gasteiger partial charge in [-0.25, -0.2) is 9.78 Å². The minimum Gasteiger partial charge on any atom is -0.477 e. The van der Waals surface area contributed by atoms with Crippen LogP contribution in [0.4, 0.5) is 5.13 Å². The first-order chi connectivity index (χ1) is 16.8. The summed E-state index contributed by atoms with van der Waals surface area (Å²) in [4.78, 5) is 68.2. The first-order valence-electron chi connectivity index (χ1n) is 10.7. The lowest BCUT2D eigenvalue weighted by atomic mass is 10.0. The van der Waals surface area contributed by atoms with Crippen molar-refractivity contribution in [1.82, 2.24) is 29.8 Å². The molecule has 0 radical (unpaired) electrons. The number of carbonyl (C=O) groups is 4. The number of nitrogens with one attached hydrogen (secondary N) is 2. The second-order valence-electron chi connectivity index (χ2n) is 8.30. The van der Waals surface area contributed by atoms with Crippen LogP contribution in [0.3, 0.4) is 0 Å². The zero-order valence-corrected chi connectivity index (χ0v) is 19.7. The van der Waals surface area contributed by atoms with Crippen LogP contribution in [-0.2, 0) is 19.2 Å². The Hall–Kier alpha value is -3.37. The van der Waals surface area contributed by atoms with Gasteiger partial charge in [0.15, 0.2) is 11.0 Å². The van der Waals surface area contributed by atoms with Crippen molar-refractivity contribution in [3.63, 3.8) is 0 Å². The Balaban J connectivity index is 1.33. The molecular formula is C19H20N8O6S2. The maximum atomic E-state index is 12.9. The van der Waals surface area contributed by atoms with Crippen molar-refractivity contribution < 1.29 is 24.3 Å². The van der Waals surface area contributed by atoms with E-state index < -0.39 is 35.2 Å². The predicted octanol–water partition coefficient (Wildman–Crippen LogP) is -1.20. The number of nitroso groups, excluding NO2 is 1. The van der Waals surface area contributed by atoms with Crippen molar-refractivity contribution in [2.45, 2.75) is 29.9 Å². The van der Waals surface area contributed by atoms with Crippen LogP contribution >= 0.6 is 23.3 Å². The number of carboxylic acid groups (broad SMARTS) is 1. The molecule has 3 atom stereocenters. The largest absolute Gasteiger partial charge is 0.477 e. The molecule has 3 fully saturated rings. The summed E-state index contributed by atoms with van der Waals surface area (Å²) in [6, 6.07) is -2.49. The molecule has 3 saturated heterocycles. The van der Waals surface area contributed by atoms with E-state index in [1.807, 2.05) is 0 Å². The Labute approximate surface area is 206 Å². The van der Waals surface area contributed by atoms with Crippen LogP contribution in [0.2, 0.25) is 0 Å². The highest BCUT2D eigenvalue weighted by atomic mass is 32.2.